The van der Waals surface area contributed by atoms with Gasteiger partial charge in [-0.1, -0.05) is 0 Å². The van der Waals surface area contributed by atoms with Gasteiger partial charge in [-0.25, -0.2) is 5.01 Å². The van der Waals surface area contributed by atoms with Crippen molar-refractivity contribution in [1.29, 1.82) is 0 Å². The number of anilines is 1. The summed E-state index contributed by atoms with van der Waals surface area (Å²) >= 11 is 0. The average Bonchev–Trinajstić information content (AvgIpc) is 3.04. The fraction of sp³-hybridized carbons (Fsp3) is 0.0909. The van der Waals surface area contributed by atoms with Crippen LogP contribution in [-0.2, 0) is 0 Å². The third kappa shape index (κ3) is 2.77. The number of ketones is 1. The maximum Gasteiger partial charge on any atom is 0.215 e. The number of hydrazone groups is 1. The second-order valence-electron chi connectivity index (χ2n) is 3.32. The van der Waals surface area contributed by atoms with Gasteiger partial charge < -0.3 is 8.83 Å². The summed E-state index contributed by atoms with van der Waals surface area (Å²) in [6.45, 7) is -0.0365. The number of furan rings is 2. The van der Waals surface area contributed by atoms with Crippen molar-refractivity contribution in [1.82, 2.24) is 5.48 Å². The number of rotatable bonds is 6. The van der Waals surface area contributed by atoms with Crippen molar-refractivity contribution in [3.05, 3.63) is 42.6 Å². The quantitative estimate of drug-likeness (QED) is 0.349. The molecule has 0 spiro atoms. The van der Waals surface area contributed by atoms with Crippen LogP contribution in [0.25, 0.3) is 0 Å². The minimum Gasteiger partial charge on any atom is -0.472 e. The van der Waals surface area contributed by atoms with Gasteiger partial charge in [-0.15, -0.1) is 0 Å². The summed E-state index contributed by atoms with van der Waals surface area (Å²) in [6, 6.07) is 4.89. The summed E-state index contributed by atoms with van der Waals surface area (Å²) in [5.74, 6) is 0.202. The number of hydrogen-bond acceptors (Lipinski definition) is 6. The van der Waals surface area contributed by atoms with E-state index in [0.717, 1.165) is 6.34 Å². The molecule has 7 nitrogen and oxygen atoms in total. The first-order valence-electron chi connectivity index (χ1n) is 5.10. The molecule has 0 aromatic carbocycles. The SMILES string of the molecule is O=C(CN(/N=C\NO)c1ccco1)c1ccoc1. The van der Waals surface area contributed by atoms with Crippen molar-refractivity contribution in [3.8, 4) is 0 Å². The first kappa shape index (κ1) is 11.9. The molecular formula is C11H11N3O4. The Morgan fingerprint density at radius 1 is 1.50 bits per heavy atom. The minimum atomic E-state index is -0.185. The van der Waals surface area contributed by atoms with Gasteiger partial charge in [0.05, 0.1) is 18.1 Å². The van der Waals surface area contributed by atoms with Crippen molar-refractivity contribution >= 4 is 18.0 Å². The van der Waals surface area contributed by atoms with Crippen molar-refractivity contribution in [2.75, 3.05) is 11.6 Å². The van der Waals surface area contributed by atoms with Crippen molar-refractivity contribution < 1.29 is 18.8 Å². The lowest BCUT2D eigenvalue weighted by Crippen LogP contribution is -2.25. The second-order valence-corrected chi connectivity index (χ2v) is 3.32. The van der Waals surface area contributed by atoms with Crippen molar-refractivity contribution in [3.63, 3.8) is 0 Å². The number of nitrogens with one attached hydrogen (secondary N) is 1. The van der Waals surface area contributed by atoms with Crippen LogP contribution in [0.1, 0.15) is 10.4 Å². The molecule has 0 fully saturated rings. The number of carbonyl (C=O) groups is 1. The maximum absolute atomic E-state index is 11.9. The van der Waals surface area contributed by atoms with Gasteiger partial charge in [0.1, 0.15) is 19.1 Å². The van der Waals surface area contributed by atoms with Crippen LogP contribution in [0.4, 0.5) is 5.88 Å². The van der Waals surface area contributed by atoms with Crippen LogP contribution in [0.15, 0.2) is 50.9 Å². The van der Waals surface area contributed by atoms with Crippen molar-refractivity contribution in [2.24, 2.45) is 5.10 Å². The number of hydroxylamine groups is 1. The molecule has 7 heteroatoms. The number of nitrogens with zero attached hydrogens (tertiary/aromatic N) is 2. The van der Waals surface area contributed by atoms with Gasteiger partial charge in [-0.2, -0.15) is 5.10 Å². The van der Waals surface area contributed by atoms with E-state index in [1.54, 1.807) is 23.7 Å². The van der Waals surface area contributed by atoms with Crippen LogP contribution < -0.4 is 10.5 Å². The summed E-state index contributed by atoms with van der Waals surface area (Å²) in [6.07, 6.45) is 5.28. The van der Waals surface area contributed by atoms with Crippen LogP contribution in [0.2, 0.25) is 0 Å². The summed E-state index contributed by atoms with van der Waals surface area (Å²) < 4.78 is 9.97. The Bertz CT molecular complexity index is 504. The normalized spacial score (nSPS) is 10.7. The van der Waals surface area contributed by atoms with Crippen LogP contribution in [-0.4, -0.2) is 23.9 Å². The Balaban J connectivity index is 2.11. The maximum atomic E-state index is 11.9. The van der Waals surface area contributed by atoms with Crippen LogP contribution in [0, 0.1) is 0 Å². The molecule has 0 aliphatic heterocycles. The lowest BCUT2D eigenvalue weighted by Gasteiger charge is -2.13. The molecule has 0 bridgehead atoms. The van der Waals surface area contributed by atoms with Gasteiger partial charge in [0, 0.05) is 6.07 Å². The highest BCUT2D eigenvalue weighted by molar-refractivity contribution is 5.98. The standard InChI is InChI=1S/C11H11N3O4/c15-10(9-3-5-17-7-9)6-14(12-8-13-16)11-2-1-4-18-11/h1-5,7-8,16H,6H2,(H,12,13). The van der Waals surface area contributed by atoms with E-state index in [9.17, 15) is 4.79 Å². The van der Waals surface area contributed by atoms with Crippen LogP contribution in [0.5, 0.6) is 0 Å². The van der Waals surface area contributed by atoms with Gasteiger partial charge in [0.15, 0.2) is 5.78 Å². The van der Waals surface area contributed by atoms with Gasteiger partial charge in [-0.05, 0) is 12.1 Å². The molecule has 2 aromatic heterocycles. The molecule has 0 atom stereocenters. The second kappa shape index (κ2) is 5.69. The van der Waals surface area contributed by atoms with E-state index in [1.807, 2.05) is 0 Å². The number of Topliss-reactive ketones (excluding diaryl/α,β-unsaturated/α-hetero) is 1. The first-order valence-corrected chi connectivity index (χ1v) is 5.10. The Kier molecular flexibility index (Phi) is 3.77. The average molecular weight is 249 g/mol. The van der Waals surface area contributed by atoms with Crippen LogP contribution in [0.3, 0.4) is 0 Å². The molecule has 2 rings (SSSR count). The summed E-state index contributed by atoms with van der Waals surface area (Å²) in [5, 5.41) is 13.6. The highest BCUT2D eigenvalue weighted by Gasteiger charge is 2.15. The third-order valence-electron chi connectivity index (χ3n) is 2.15. The zero-order valence-electron chi connectivity index (χ0n) is 9.31. The van der Waals surface area contributed by atoms with Gasteiger partial charge >= 0.3 is 0 Å². The molecular weight excluding hydrogens is 238 g/mol. The van der Waals surface area contributed by atoms with Gasteiger partial charge in [0.2, 0.25) is 5.88 Å². The van der Waals surface area contributed by atoms with E-state index in [2.05, 4.69) is 5.10 Å². The zero-order valence-corrected chi connectivity index (χ0v) is 9.31. The topological polar surface area (TPSA) is 91.2 Å². The molecule has 0 aliphatic carbocycles. The number of hydrogen-bond donors (Lipinski definition) is 2. The number of carbonyl (C=O) groups excluding carboxylic acids is 1. The molecule has 94 valence electrons. The molecule has 0 saturated heterocycles. The van der Waals surface area contributed by atoms with E-state index in [-0.39, 0.29) is 12.3 Å². The summed E-state index contributed by atoms with van der Waals surface area (Å²) in [5.41, 5.74) is 2.21. The summed E-state index contributed by atoms with van der Waals surface area (Å²) in [7, 11) is 0. The van der Waals surface area contributed by atoms with E-state index in [0.29, 0.717) is 11.4 Å². The molecule has 2 heterocycles. The van der Waals surface area contributed by atoms with E-state index >= 15 is 0 Å². The Hall–Kier alpha value is -2.54. The fourth-order valence-corrected chi connectivity index (χ4v) is 1.34. The van der Waals surface area contributed by atoms with E-state index < -0.39 is 0 Å². The lowest BCUT2D eigenvalue weighted by molar-refractivity contribution is 0.0997. The molecule has 18 heavy (non-hydrogen) atoms. The predicted octanol–water partition coefficient (Wildman–Crippen LogP) is 1.48. The third-order valence-corrected chi connectivity index (χ3v) is 2.15. The van der Waals surface area contributed by atoms with Crippen LogP contribution >= 0.6 is 0 Å². The fourth-order valence-electron chi connectivity index (χ4n) is 1.34. The Morgan fingerprint density at radius 2 is 2.39 bits per heavy atom. The lowest BCUT2D eigenvalue weighted by atomic mass is 10.2. The molecule has 0 radical (unpaired) electrons. The molecule has 2 aromatic rings. The van der Waals surface area contributed by atoms with Gasteiger partial charge in [-0.3, -0.25) is 15.5 Å². The molecule has 0 saturated carbocycles. The highest BCUT2D eigenvalue weighted by Crippen LogP contribution is 2.15. The largest absolute Gasteiger partial charge is 0.472 e. The predicted molar refractivity (Wildman–Crippen MR) is 62.5 cm³/mol. The molecule has 2 N–H and O–H groups in total. The van der Waals surface area contributed by atoms with Crippen molar-refractivity contribution in [2.45, 2.75) is 0 Å². The van der Waals surface area contributed by atoms with E-state index in [1.165, 1.54) is 23.8 Å². The summed E-state index contributed by atoms with van der Waals surface area (Å²) in [4.78, 5) is 11.9. The Labute approximate surface area is 102 Å². The molecule has 0 aliphatic rings. The molecule has 0 amide bonds. The smallest absolute Gasteiger partial charge is 0.215 e. The van der Waals surface area contributed by atoms with Gasteiger partial charge in [0.25, 0.3) is 0 Å². The molecule has 0 unspecified atom stereocenters. The monoisotopic (exact) mass is 249 g/mol. The zero-order chi connectivity index (χ0) is 12.8. The minimum absolute atomic E-state index is 0.0365. The Morgan fingerprint density at radius 3 is 3.00 bits per heavy atom. The van der Waals surface area contributed by atoms with E-state index in [4.69, 9.17) is 14.0 Å². The first-order chi connectivity index (χ1) is 8.81. The highest BCUT2D eigenvalue weighted by atomic mass is 16.5.